The Labute approximate surface area is 479 Å². The normalized spacial score (nSPS) is 11.6. The van der Waals surface area contributed by atoms with Crippen molar-refractivity contribution in [3.05, 3.63) is 326 Å². The van der Waals surface area contributed by atoms with Gasteiger partial charge in [0, 0.05) is 66.1 Å². The van der Waals surface area contributed by atoms with E-state index in [1.807, 2.05) is 60.7 Å². The monoisotopic (exact) mass is 1060 g/mol. The van der Waals surface area contributed by atoms with Crippen molar-refractivity contribution in [2.75, 3.05) is 0 Å². The van der Waals surface area contributed by atoms with Crippen molar-refractivity contribution in [3.63, 3.8) is 0 Å². The predicted octanol–water partition coefficient (Wildman–Crippen LogP) is 19.2. The zero-order valence-electron chi connectivity index (χ0n) is 45.1. The summed E-state index contributed by atoms with van der Waals surface area (Å²) in [5.41, 5.74) is 19.5. The second-order valence-corrected chi connectivity index (χ2v) is 21.1. The number of benzene rings is 12. The van der Waals surface area contributed by atoms with Gasteiger partial charge in [-0.25, -0.2) is 15.0 Å². The third kappa shape index (κ3) is 8.15. The summed E-state index contributed by atoms with van der Waals surface area (Å²) in [6, 6.07) is 109. The predicted molar refractivity (Wildman–Crippen MR) is 343 cm³/mol. The van der Waals surface area contributed by atoms with Gasteiger partial charge in [-0.1, -0.05) is 231 Å². The van der Waals surface area contributed by atoms with E-state index in [0.29, 0.717) is 17.5 Å². The van der Waals surface area contributed by atoms with Crippen molar-refractivity contribution < 1.29 is 0 Å². The summed E-state index contributed by atoms with van der Waals surface area (Å²) >= 11 is 0. The maximum Gasteiger partial charge on any atom is 0.164 e. The first-order valence-corrected chi connectivity index (χ1v) is 28.2. The van der Waals surface area contributed by atoms with E-state index in [1.165, 1.54) is 54.4 Å². The van der Waals surface area contributed by atoms with E-state index in [4.69, 9.17) is 15.0 Å². The summed E-state index contributed by atoms with van der Waals surface area (Å²) in [6.45, 7) is 0. The minimum Gasteiger partial charge on any atom is -0.309 e. The minimum atomic E-state index is 0.602. The molecular formula is C77H50N6. The summed E-state index contributed by atoms with van der Waals surface area (Å²) < 4.78 is 7.19. The summed E-state index contributed by atoms with van der Waals surface area (Å²) in [6.07, 6.45) is 0. The second-order valence-electron chi connectivity index (χ2n) is 21.1. The van der Waals surface area contributed by atoms with Gasteiger partial charge < -0.3 is 13.7 Å². The molecule has 4 aromatic heterocycles. The fourth-order valence-corrected chi connectivity index (χ4v) is 12.6. The average molecular weight is 1060 g/mol. The molecule has 83 heavy (non-hydrogen) atoms. The number of hydrogen-bond acceptors (Lipinski definition) is 3. The smallest absolute Gasteiger partial charge is 0.164 e. The highest BCUT2D eigenvalue weighted by molar-refractivity contribution is 6.12. The number of fused-ring (bicyclic) bond motifs is 9. The van der Waals surface area contributed by atoms with Gasteiger partial charge in [-0.05, 0) is 106 Å². The zero-order valence-corrected chi connectivity index (χ0v) is 45.1. The molecule has 0 aliphatic rings. The molecule has 0 unspecified atom stereocenters. The van der Waals surface area contributed by atoms with E-state index in [1.54, 1.807) is 0 Å². The van der Waals surface area contributed by atoms with Crippen LogP contribution in [-0.4, -0.2) is 28.7 Å². The van der Waals surface area contributed by atoms with Crippen LogP contribution in [-0.2, 0) is 0 Å². The van der Waals surface area contributed by atoms with Gasteiger partial charge in [0.2, 0.25) is 0 Å². The molecule has 12 aromatic carbocycles. The van der Waals surface area contributed by atoms with Gasteiger partial charge in [0.25, 0.3) is 0 Å². The minimum absolute atomic E-state index is 0.602. The molecule has 0 amide bonds. The Morgan fingerprint density at radius 1 is 0.205 bits per heavy atom. The molecule has 0 atom stereocenters. The Kier molecular flexibility index (Phi) is 11.4. The lowest BCUT2D eigenvalue weighted by molar-refractivity contribution is 1.07. The summed E-state index contributed by atoms with van der Waals surface area (Å²) in [7, 11) is 0. The summed E-state index contributed by atoms with van der Waals surface area (Å²) in [5, 5.41) is 7.36. The molecule has 4 heterocycles. The van der Waals surface area contributed by atoms with Crippen molar-refractivity contribution in [1.82, 2.24) is 28.7 Å². The molecule has 0 N–H and O–H groups in total. The SMILES string of the molecule is c1ccc(-c2nc(-c3ccccc3)nc(-c3ccc(C(=C(c4ccc(-n5c6ccccc6c6ccccc65)cc4)c4ccc(-n5c6ccccc6c6ccccc65)cc4)c4cccc(-n5c6ccccc6c6ccccc65)c4)cc3)n2)cc1. The third-order valence-electron chi connectivity index (χ3n) is 16.3. The van der Waals surface area contributed by atoms with E-state index < -0.39 is 0 Å². The number of aromatic nitrogens is 6. The fourth-order valence-electron chi connectivity index (χ4n) is 12.6. The molecule has 6 heteroatoms. The largest absolute Gasteiger partial charge is 0.309 e. The van der Waals surface area contributed by atoms with E-state index in [2.05, 4.69) is 256 Å². The zero-order chi connectivity index (χ0) is 54.8. The van der Waals surface area contributed by atoms with Crippen molar-refractivity contribution in [2.24, 2.45) is 0 Å². The van der Waals surface area contributed by atoms with Crippen LogP contribution in [0.4, 0.5) is 0 Å². The number of nitrogens with zero attached hydrogens (tertiary/aromatic N) is 6. The van der Waals surface area contributed by atoms with Gasteiger partial charge >= 0.3 is 0 Å². The maximum atomic E-state index is 5.15. The summed E-state index contributed by atoms with van der Waals surface area (Å²) in [5.74, 6) is 1.85. The molecular weight excluding hydrogens is 1010 g/mol. The highest BCUT2D eigenvalue weighted by Gasteiger charge is 2.22. The fraction of sp³-hybridized carbons (Fsp3) is 0. The van der Waals surface area contributed by atoms with Gasteiger partial charge in [0.15, 0.2) is 17.5 Å². The van der Waals surface area contributed by atoms with Crippen LogP contribution in [0.2, 0.25) is 0 Å². The molecule has 0 aliphatic heterocycles. The molecule has 388 valence electrons. The van der Waals surface area contributed by atoms with Gasteiger partial charge in [-0.2, -0.15) is 0 Å². The quantitative estimate of drug-likeness (QED) is 0.128. The molecule has 0 bridgehead atoms. The first-order chi connectivity index (χ1) is 41.2. The van der Waals surface area contributed by atoms with E-state index in [9.17, 15) is 0 Å². The molecule has 0 saturated carbocycles. The van der Waals surface area contributed by atoms with E-state index >= 15 is 0 Å². The molecule has 0 aliphatic carbocycles. The van der Waals surface area contributed by atoms with Crippen molar-refractivity contribution in [2.45, 2.75) is 0 Å². The van der Waals surface area contributed by atoms with Gasteiger partial charge in [-0.15, -0.1) is 0 Å². The highest BCUT2D eigenvalue weighted by Crippen LogP contribution is 2.42. The number of rotatable bonds is 10. The number of hydrogen-bond donors (Lipinski definition) is 0. The average Bonchev–Trinajstić information content (AvgIpc) is 3.54. The first kappa shape index (κ1) is 47.8. The van der Waals surface area contributed by atoms with E-state index in [-0.39, 0.29) is 0 Å². The van der Waals surface area contributed by atoms with Gasteiger partial charge in [-0.3, -0.25) is 0 Å². The van der Waals surface area contributed by atoms with Crippen LogP contribution in [0.3, 0.4) is 0 Å². The maximum absolute atomic E-state index is 5.15. The lowest BCUT2D eigenvalue weighted by Gasteiger charge is -2.20. The van der Waals surface area contributed by atoms with Gasteiger partial charge in [0.05, 0.1) is 33.1 Å². The molecule has 0 spiro atoms. The van der Waals surface area contributed by atoms with Crippen LogP contribution < -0.4 is 0 Å². The highest BCUT2D eigenvalue weighted by atomic mass is 15.0. The van der Waals surface area contributed by atoms with Crippen LogP contribution in [0.1, 0.15) is 22.3 Å². The Morgan fingerprint density at radius 2 is 0.482 bits per heavy atom. The molecule has 16 rings (SSSR count). The summed E-state index contributed by atoms with van der Waals surface area (Å²) in [4.78, 5) is 15.3. The Morgan fingerprint density at radius 3 is 0.831 bits per heavy atom. The van der Waals surface area contributed by atoms with Crippen LogP contribution >= 0.6 is 0 Å². The molecule has 6 nitrogen and oxygen atoms in total. The van der Waals surface area contributed by atoms with Crippen molar-refractivity contribution in [1.29, 1.82) is 0 Å². The van der Waals surface area contributed by atoms with Crippen LogP contribution in [0.5, 0.6) is 0 Å². The molecule has 0 fully saturated rings. The standard InChI is InChI=1S/C77H50N6/c1-3-20-54(21-4-1)75-78-76(55-22-5-2-6-23-55)80-77(79-75)56-40-38-51(39-41-56)74(57-24-19-25-60(50-57)83-71-36-17-11-30-65(71)66-31-12-18-37-72(66)83)73(52-42-46-58(47-43-52)81-67-32-13-7-26-61(67)62-27-8-14-33-68(62)81)53-44-48-59(49-45-53)82-69-34-15-9-28-63(69)64-29-10-16-35-70(64)82/h1-50H. The molecule has 0 radical (unpaired) electrons. The second kappa shape index (κ2) is 19.9. The Hall–Kier alpha value is -11.2. The van der Waals surface area contributed by atoms with Crippen LogP contribution in [0.15, 0.2) is 303 Å². The van der Waals surface area contributed by atoms with Crippen LogP contribution in [0, 0.1) is 0 Å². The van der Waals surface area contributed by atoms with Crippen LogP contribution in [0.25, 0.3) is 128 Å². The Balaban J connectivity index is 0.937. The van der Waals surface area contributed by atoms with Crippen molar-refractivity contribution in [3.8, 4) is 51.2 Å². The van der Waals surface area contributed by atoms with E-state index in [0.717, 1.165) is 78.2 Å². The number of para-hydroxylation sites is 6. The molecule has 0 saturated heterocycles. The van der Waals surface area contributed by atoms with Gasteiger partial charge in [0.1, 0.15) is 0 Å². The topological polar surface area (TPSA) is 53.5 Å². The lowest BCUT2D eigenvalue weighted by Crippen LogP contribution is -2.02. The Bertz CT molecular complexity index is 4790. The lowest BCUT2D eigenvalue weighted by atomic mass is 9.85. The first-order valence-electron chi connectivity index (χ1n) is 28.2. The third-order valence-corrected chi connectivity index (χ3v) is 16.3. The van der Waals surface area contributed by atoms with Crippen molar-refractivity contribution >= 4 is 76.6 Å². The molecule has 16 aromatic rings.